The number of pyridine rings is 1. The lowest BCUT2D eigenvalue weighted by Gasteiger charge is -2.37. The van der Waals surface area contributed by atoms with Crippen LogP contribution in [-0.4, -0.2) is 57.0 Å². The normalized spacial score (nSPS) is 18.1. The Morgan fingerprint density at radius 2 is 1.48 bits per heavy atom. The van der Waals surface area contributed by atoms with Gasteiger partial charge in [-0.05, 0) is 74.2 Å². The molecule has 0 bridgehead atoms. The van der Waals surface area contributed by atoms with E-state index in [0.717, 1.165) is 62.2 Å². The van der Waals surface area contributed by atoms with Gasteiger partial charge in [-0.25, -0.2) is 13.4 Å². The number of hydrogen-bond donors (Lipinski definition) is 0. The molecule has 7 heteroatoms. The first-order chi connectivity index (χ1) is 15.9. The number of hydrogen-bond acceptors (Lipinski definition) is 5. The number of nitrogens with zero attached hydrogens (tertiary/aromatic N) is 4. The summed E-state index contributed by atoms with van der Waals surface area (Å²) in [5.41, 5.74) is 4.76. The molecule has 2 aromatic carbocycles. The van der Waals surface area contributed by atoms with Crippen molar-refractivity contribution in [2.45, 2.75) is 38.0 Å². The van der Waals surface area contributed by atoms with Crippen molar-refractivity contribution in [1.29, 1.82) is 0 Å². The van der Waals surface area contributed by atoms with E-state index in [4.69, 9.17) is 4.98 Å². The molecule has 0 spiro atoms. The van der Waals surface area contributed by atoms with Crippen LogP contribution in [0.1, 0.15) is 30.4 Å². The Labute approximate surface area is 196 Å². The molecular weight excluding hydrogens is 432 g/mol. The Kier molecular flexibility index (Phi) is 6.01. The van der Waals surface area contributed by atoms with Crippen molar-refractivity contribution in [2.75, 3.05) is 49.1 Å². The van der Waals surface area contributed by atoms with E-state index in [1.165, 1.54) is 16.8 Å². The van der Waals surface area contributed by atoms with Gasteiger partial charge < -0.3 is 9.80 Å². The SMILES string of the molecule is Cc1ccc(C)c(N2CCN(c3ccc4cc(S(=O)(=O)N5CCCCC5)ccc4n3)CC2)c1. The van der Waals surface area contributed by atoms with E-state index in [1.54, 1.807) is 16.4 Å². The van der Waals surface area contributed by atoms with Crippen molar-refractivity contribution in [3.63, 3.8) is 0 Å². The zero-order valence-corrected chi connectivity index (χ0v) is 20.3. The van der Waals surface area contributed by atoms with E-state index < -0.39 is 10.0 Å². The van der Waals surface area contributed by atoms with Gasteiger partial charge >= 0.3 is 0 Å². The van der Waals surface area contributed by atoms with Gasteiger partial charge in [-0.15, -0.1) is 0 Å². The van der Waals surface area contributed by atoms with Crippen LogP contribution in [0.5, 0.6) is 0 Å². The molecule has 3 heterocycles. The smallest absolute Gasteiger partial charge is 0.243 e. The minimum Gasteiger partial charge on any atom is -0.368 e. The molecule has 0 N–H and O–H groups in total. The third-order valence-corrected chi connectivity index (χ3v) is 8.80. The Hall–Kier alpha value is -2.64. The zero-order chi connectivity index (χ0) is 23.0. The fourth-order valence-corrected chi connectivity index (χ4v) is 6.47. The predicted octanol–water partition coefficient (Wildman–Crippen LogP) is 4.35. The van der Waals surface area contributed by atoms with Crippen molar-refractivity contribution >= 4 is 32.4 Å². The number of piperidine rings is 1. The highest BCUT2D eigenvalue weighted by molar-refractivity contribution is 7.89. The van der Waals surface area contributed by atoms with E-state index in [0.29, 0.717) is 18.0 Å². The van der Waals surface area contributed by atoms with Crippen molar-refractivity contribution in [3.05, 3.63) is 59.7 Å². The van der Waals surface area contributed by atoms with Crippen molar-refractivity contribution in [2.24, 2.45) is 0 Å². The second-order valence-electron chi connectivity index (χ2n) is 9.25. The first-order valence-corrected chi connectivity index (χ1v) is 13.3. The molecule has 33 heavy (non-hydrogen) atoms. The molecule has 2 fully saturated rings. The van der Waals surface area contributed by atoms with Crippen LogP contribution in [0.2, 0.25) is 0 Å². The molecule has 5 rings (SSSR count). The van der Waals surface area contributed by atoms with Gasteiger partial charge in [-0.2, -0.15) is 4.31 Å². The third kappa shape index (κ3) is 4.44. The summed E-state index contributed by atoms with van der Waals surface area (Å²) >= 11 is 0. The van der Waals surface area contributed by atoms with Gasteiger partial charge in [0.05, 0.1) is 10.4 Å². The second-order valence-corrected chi connectivity index (χ2v) is 11.2. The van der Waals surface area contributed by atoms with E-state index >= 15 is 0 Å². The first-order valence-electron chi connectivity index (χ1n) is 11.9. The lowest BCUT2D eigenvalue weighted by atomic mass is 10.1. The van der Waals surface area contributed by atoms with E-state index in [9.17, 15) is 8.42 Å². The summed E-state index contributed by atoms with van der Waals surface area (Å²) in [5.74, 6) is 0.953. The van der Waals surface area contributed by atoms with Crippen LogP contribution in [0.3, 0.4) is 0 Å². The number of rotatable bonds is 4. The number of benzene rings is 2. The zero-order valence-electron chi connectivity index (χ0n) is 19.5. The van der Waals surface area contributed by atoms with Crippen LogP contribution < -0.4 is 9.80 Å². The summed E-state index contributed by atoms with van der Waals surface area (Å²) in [6.07, 6.45) is 2.98. The van der Waals surface area contributed by atoms with E-state index in [1.807, 2.05) is 18.2 Å². The van der Waals surface area contributed by atoms with Gasteiger partial charge in [0.25, 0.3) is 0 Å². The molecule has 1 aromatic heterocycles. The van der Waals surface area contributed by atoms with Crippen LogP contribution in [-0.2, 0) is 10.0 Å². The predicted molar refractivity (Wildman–Crippen MR) is 135 cm³/mol. The molecule has 2 aliphatic rings. The monoisotopic (exact) mass is 464 g/mol. The van der Waals surface area contributed by atoms with E-state index in [2.05, 4.69) is 41.8 Å². The number of sulfonamides is 1. The first kappa shape index (κ1) is 22.2. The quantitative estimate of drug-likeness (QED) is 0.575. The molecule has 0 radical (unpaired) electrons. The Balaban J connectivity index is 1.32. The fraction of sp³-hybridized carbons (Fsp3) is 0.423. The number of piperazine rings is 1. The molecule has 0 amide bonds. The van der Waals surface area contributed by atoms with Crippen LogP contribution in [0.15, 0.2) is 53.4 Å². The van der Waals surface area contributed by atoms with Gasteiger partial charge in [0.2, 0.25) is 10.0 Å². The number of fused-ring (bicyclic) bond motifs is 1. The average molecular weight is 465 g/mol. The van der Waals surface area contributed by atoms with Gasteiger partial charge in [0, 0.05) is 50.3 Å². The Morgan fingerprint density at radius 1 is 0.758 bits per heavy atom. The minimum atomic E-state index is -3.43. The van der Waals surface area contributed by atoms with E-state index in [-0.39, 0.29) is 0 Å². The average Bonchev–Trinajstić information content (AvgIpc) is 2.85. The number of anilines is 2. The molecule has 2 aliphatic heterocycles. The van der Waals surface area contributed by atoms with Crippen molar-refractivity contribution in [1.82, 2.24) is 9.29 Å². The van der Waals surface area contributed by atoms with Crippen molar-refractivity contribution in [3.8, 4) is 0 Å². The highest BCUT2D eigenvalue weighted by atomic mass is 32.2. The molecule has 174 valence electrons. The summed E-state index contributed by atoms with van der Waals surface area (Å²) in [5, 5.41) is 0.867. The number of aryl methyl sites for hydroxylation is 2. The molecule has 0 atom stereocenters. The summed E-state index contributed by atoms with van der Waals surface area (Å²) < 4.78 is 27.7. The topological polar surface area (TPSA) is 56.8 Å². The third-order valence-electron chi connectivity index (χ3n) is 6.91. The molecular formula is C26H32N4O2S. The second kappa shape index (κ2) is 8.95. The highest BCUT2D eigenvalue weighted by Crippen LogP contribution is 2.27. The molecule has 0 saturated carbocycles. The van der Waals surface area contributed by atoms with Crippen LogP contribution in [0, 0.1) is 13.8 Å². The molecule has 0 unspecified atom stereocenters. The van der Waals surface area contributed by atoms with Gasteiger partial charge in [0.1, 0.15) is 5.82 Å². The molecule has 3 aromatic rings. The molecule has 2 saturated heterocycles. The maximum Gasteiger partial charge on any atom is 0.243 e. The van der Waals surface area contributed by atoms with Crippen LogP contribution >= 0.6 is 0 Å². The number of aromatic nitrogens is 1. The Morgan fingerprint density at radius 3 is 2.24 bits per heavy atom. The van der Waals surface area contributed by atoms with Crippen LogP contribution in [0.4, 0.5) is 11.5 Å². The lowest BCUT2D eigenvalue weighted by molar-refractivity contribution is 0.346. The van der Waals surface area contributed by atoms with Crippen LogP contribution in [0.25, 0.3) is 10.9 Å². The lowest BCUT2D eigenvalue weighted by Crippen LogP contribution is -2.47. The highest BCUT2D eigenvalue weighted by Gasteiger charge is 2.26. The minimum absolute atomic E-state index is 0.369. The summed E-state index contributed by atoms with van der Waals surface area (Å²) in [6, 6.07) is 16.0. The largest absolute Gasteiger partial charge is 0.368 e. The Bertz CT molecular complexity index is 1260. The summed E-state index contributed by atoms with van der Waals surface area (Å²) in [4.78, 5) is 10.0. The molecule has 6 nitrogen and oxygen atoms in total. The van der Waals surface area contributed by atoms with Crippen molar-refractivity contribution < 1.29 is 8.42 Å². The maximum absolute atomic E-state index is 13.0. The van der Waals surface area contributed by atoms with Gasteiger partial charge in [-0.3, -0.25) is 0 Å². The summed E-state index contributed by atoms with van der Waals surface area (Å²) in [7, 11) is -3.43. The van der Waals surface area contributed by atoms with Gasteiger partial charge in [-0.1, -0.05) is 18.6 Å². The fourth-order valence-electron chi connectivity index (χ4n) is 4.92. The molecule has 0 aliphatic carbocycles. The summed E-state index contributed by atoms with van der Waals surface area (Å²) in [6.45, 7) is 9.28. The van der Waals surface area contributed by atoms with Gasteiger partial charge in [0.15, 0.2) is 0 Å². The standard InChI is InChI=1S/C26H32N4O2S/c1-20-6-7-21(2)25(18-20)28-14-16-29(17-15-28)26-11-8-22-19-23(9-10-24(22)27-26)33(31,32)30-12-4-3-5-13-30/h6-11,18-19H,3-5,12-17H2,1-2H3. The maximum atomic E-state index is 13.0.